The van der Waals surface area contributed by atoms with E-state index in [9.17, 15) is 14.4 Å². The van der Waals surface area contributed by atoms with Crippen molar-refractivity contribution < 1.29 is 19.1 Å². The van der Waals surface area contributed by atoms with Crippen LogP contribution in [-0.4, -0.2) is 40.8 Å². The van der Waals surface area contributed by atoms with E-state index in [1.807, 2.05) is 0 Å². The normalized spacial score (nSPS) is 13.1. The molecule has 2 aromatic rings. The molecule has 116 valence electrons. The predicted molar refractivity (Wildman–Crippen MR) is 80.9 cm³/mol. The molecule has 6 heteroatoms. The highest BCUT2D eigenvalue weighted by Crippen LogP contribution is 2.22. The van der Waals surface area contributed by atoms with Gasteiger partial charge in [0.15, 0.2) is 0 Å². The molecule has 0 aliphatic carbocycles. The van der Waals surface area contributed by atoms with Gasteiger partial charge in [-0.2, -0.15) is 0 Å². The lowest BCUT2D eigenvalue weighted by atomic mass is 10.1. The standard InChI is InChI=1S/C17H14N2O4/c20-15-13-4-1-2-5-14(13)16(21)19(15)10-3-11-23-17(22)12-6-8-18-9-7-12/h1-2,4-9H,3,10-11H2. The van der Waals surface area contributed by atoms with Gasteiger partial charge in [0.1, 0.15) is 0 Å². The van der Waals surface area contributed by atoms with Crippen molar-refractivity contribution in [3.63, 3.8) is 0 Å². The fourth-order valence-corrected chi connectivity index (χ4v) is 2.40. The van der Waals surface area contributed by atoms with Crippen LogP contribution >= 0.6 is 0 Å². The zero-order valence-electron chi connectivity index (χ0n) is 12.3. The second-order valence-corrected chi connectivity index (χ2v) is 5.03. The first-order chi connectivity index (χ1) is 11.2. The van der Waals surface area contributed by atoms with Crippen molar-refractivity contribution in [2.24, 2.45) is 0 Å². The maximum Gasteiger partial charge on any atom is 0.338 e. The van der Waals surface area contributed by atoms with Gasteiger partial charge in [-0.1, -0.05) is 12.1 Å². The van der Waals surface area contributed by atoms with Crippen LogP contribution in [0.5, 0.6) is 0 Å². The number of benzene rings is 1. The second-order valence-electron chi connectivity index (χ2n) is 5.03. The van der Waals surface area contributed by atoms with E-state index in [0.29, 0.717) is 23.1 Å². The largest absolute Gasteiger partial charge is 0.462 e. The van der Waals surface area contributed by atoms with E-state index in [4.69, 9.17) is 4.74 Å². The third kappa shape index (κ3) is 2.96. The summed E-state index contributed by atoms with van der Waals surface area (Å²) in [5.41, 5.74) is 1.26. The Kier molecular flexibility index (Phi) is 4.14. The molecule has 0 bridgehead atoms. The molecule has 1 aromatic heterocycles. The van der Waals surface area contributed by atoms with E-state index in [1.165, 1.54) is 17.3 Å². The molecule has 0 radical (unpaired) electrons. The summed E-state index contributed by atoms with van der Waals surface area (Å²) in [6.07, 6.45) is 3.41. The zero-order chi connectivity index (χ0) is 16.2. The summed E-state index contributed by atoms with van der Waals surface area (Å²) < 4.78 is 5.12. The van der Waals surface area contributed by atoms with Crippen LogP contribution in [0.1, 0.15) is 37.5 Å². The third-order valence-electron chi connectivity index (χ3n) is 3.55. The zero-order valence-corrected chi connectivity index (χ0v) is 12.3. The number of carbonyl (C=O) groups excluding carboxylic acids is 3. The number of hydrogen-bond acceptors (Lipinski definition) is 5. The van der Waals surface area contributed by atoms with E-state index in [0.717, 1.165) is 0 Å². The number of ether oxygens (including phenoxy) is 1. The highest BCUT2D eigenvalue weighted by molar-refractivity contribution is 6.21. The first kappa shape index (κ1) is 14.9. The molecular weight excluding hydrogens is 296 g/mol. The van der Waals surface area contributed by atoms with Crippen molar-refractivity contribution in [2.75, 3.05) is 13.2 Å². The minimum Gasteiger partial charge on any atom is -0.462 e. The Morgan fingerprint density at radius 2 is 1.61 bits per heavy atom. The molecule has 2 heterocycles. The molecule has 1 aromatic carbocycles. The molecule has 2 amide bonds. The monoisotopic (exact) mass is 310 g/mol. The first-order valence-electron chi connectivity index (χ1n) is 7.21. The van der Waals surface area contributed by atoms with E-state index in [2.05, 4.69) is 4.98 Å². The minimum atomic E-state index is -0.449. The number of hydrogen-bond donors (Lipinski definition) is 0. The molecule has 1 aliphatic rings. The van der Waals surface area contributed by atoms with Crippen LogP contribution < -0.4 is 0 Å². The maximum atomic E-state index is 12.1. The fraction of sp³-hybridized carbons (Fsp3) is 0.176. The highest BCUT2D eigenvalue weighted by Gasteiger charge is 2.34. The van der Waals surface area contributed by atoms with E-state index in [1.54, 1.807) is 36.4 Å². The van der Waals surface area contributed by atoms with Gasteiger partial charge in [-0.15, -0.1) is 0 Å². The molecule has 0 atom stereocenters. The Morgan fingerprint density at radius 1 is 1.00 bits per heavy atom. The van der Waals surface area contributed by atoms with Crippen molar-refractivity contribution in [3.05, 3.63) is 65.5 Å². The van der Waals surface area contributed by atoms with Crippen LogP contribution in [0.25, 0.3) is 0 Å². The summed E-state index contributed by atoms with van der Waals surface area (Å²) in [4.78, 5) is 41.1. The lowest BCUT2D eigenvalue weighted by Crippen LogP contribution is -2.31. The van der Waals surface area contributed by atoms with E-state index in [-0.39, 0.29) is 25.0 Å². The summed E-state index contributed by atoms with van der Waals surface area (Å²) >= 11 is 0. The smallest absolute Gasteiger partial charge is 0.338 e. The average molecular weight is 310 g/mol. The van der Waals surface area contributed by atoms with E-state index < -0.39 is 5.97 Å². The summed E-state index contributed by atoms with van der Waals surface area (Å²) in [6.45, 7) is 0.352. The molecule has 3 rings (SSSR count). The molecular formula is C17H14N2O4. The lowest BCUT2D eigenvalue weighted by molar-refractivity contribution is 0.0482. The molecule has 0 N–H and O–H groups in total. The Balaban J connectivity index is 1.52. The van der Waals surface area contributed by atoms with Gasteiger partial charge in [0.25, 0.3) is 11.8 Å². The highest BCUT2D eigenvalue weighted by atomic mass is 16.5. The second kappa shape index (κ2) is 6.39. The summed E-state index contributed by atoms with van der Waals surface area (Å²) in [5.74, 6) is -1.05. The SMILES string of the molecule is O=C(OCCCN1C(=O)c2ccccc2C1=O)c1ccncc1. The van der Waals surface area contributed by atoms with Gasteiger partial charge < -0.3 is 4.74 Å². The average Bonchev–Trinajstić information content (AvgIpc) is 2.84. The van der Waals surface area contributed by atoms with Crippen LogP contribution in [0.15, 0.2) is 48.8 Å². The molecule has 0 spiro atoms. The first-order valence-corrected chi connectivity index (χ1v) is 7.21. The van der Waals surface area contributed by atoms with Gasteiger partial charge in [-0.25, -0.2) is 4.79 Å². The van der Waals surface area contributed by atoms with Gasteiger partial charge >= 0.3 is 5.97 Å². The topological polar surface area (TPSA) is 76.6 Å². The molecule has 0 unspecified atom stereocenters. The number of fused-ring (bicyclic) bond motifs is 1. The van der Waals surface area contributed by atoms with Gasteiger partial charge in [-0.3, -0.25) is 19.5 Å². The number of aromatic nitrogens is 1. The number of esters is 1. The van der Waals surface area contributed by atoms with Gasteiger partial charge in [0.2, 0.25) is 0 Å². The minimum absolute atomic E-state index is 0.133. The summed E-state index contributed by atoms with van der Waals surface area (Å²) in [7, 11) is 0. The number of nitrogens with zero attached hydrogens (tertiary/aromatic N) is 2. The molecule has 6 nitrogen and oxygen atoms in total. The van der Waals surface area contributed by atoms with E-state index >= 15 is 0 Å². The van der Waals surface area contributed by atoms with Crippen LogP contribution in [0, 0.1) is 0 Å². The molecule has 0 saturated carbocycles. The Morgan fingerprint density at radius 3 is 2.22 bits per heavy atom. The fourth-order valence-electron chi connectivity index (χ4n) is 2.40. The quantitative estimate of drug-likeness (QED) is 0.479. The summed E-state index contributed by atoms with van der Waals surface area (Å²) in [5, 5.41) is 0. The van der Waals surface area contributed by atoms with Crippen molar-refractivity contribution in [1.82, 2.24) is 9.88 Å². The maximum absolute atomic E-state index is 12.1. The molecule has 1 aliphatic heterocycles. The Hall–Kier alpha value is -3.02. The van der Waals surface area contributed by atoms with Crippen molar-refractivity contribution in [3.8, 4) is 0 Å². The number of pyridine rings is 1. The number of rotatable bonds is 5. The third-order valence-corrected chi connectivity index (χ3v) is 3.55. The van der Waals surface area contributed by atoms with Crippen molar-refractivity contribution in [2.45, 2.75) is 6.42 Å². The molecule has 23 heavy (non-hydrogen) atoms. The van der Waals surface area contributed by atoms with Crippen LogP contribution in [0.4, 0.5) is 0 Å². The Labute approximate surface area is 132 Å². The predicted octanol–water partition coefficient (Wildman–Crippen LogP) is 1.92. The van der Waals surface area contributed by atoms with Gasteiger partial charge in [-0.05, 0) is 30.7 Å². The molecule has 0 fully saturated rings. The number of amides is 2. The van der Waals surface area contributed by atoms with Crippen LogP contribution in [0.3, 0.4) is 0 Å². The van der Waals surface area contributed by atoms with Gasteiger partial charge in [0, 0.05) is 18.9 Å². The lowest BCUT2D eigenvalue weighted by Gasteiger charge is -2.13. The van der Waals surface area contributed by atoms with Gasteiger partial charge in [0.05, 0.1) is 23.3 Å². The summed E-state index contributed by atoms with van der Waals surface area (Å²) in [6, 6.07) is 9.85. The van der Waals surface area contributed by atoms with Crippen LogP contribution in [0.2, 0.25) is 0 Å². The van der Waals surface area contributed by atoms with Crippen LogP contribution in [-0.2, 0) is 4.74 Å². The van der Waals surface area contributed by atoms with Crippen molar-refractivity contribution in [1.29, 1.82) is 0 Å². The molecule has 0 saturated heterocycles. The number of imide groups is 1. The Bertz CT molecular complexity index is 723. The van der Waals surface area contributed by atoms with Crippen molar-refractivity contribution >= 4 is 17.8 Å². The number of carbonyl (C=O) groups is 3.